The summed E-state index contributed by atoms with van der Waals surface area (Å²) >= 11 is 0. The van der Waals surface area contributed by atoms with Crippen molar-refractivity contribution in [1.82, 2.24) is 5.32 Å². The summed E-state index contributed by atoms with van der Waals surface area (Å²) in [6.45, 7) is 2.84. The number of amides is 1. The van der Waals surface area contributed by atoms with Crippen molar-refractivity contribution in [1.29, 1.82) is 0 Å². The Kier molecular flexibility index (Phi) is 5.62. The molecule has 1 amide bonds. The minimum Gasteiger partial charge on any atom is -0.345 e. The maximum atomic E-state index is 11.2. The molecule has 0 fully saturated rings. The molecule has 0 unspecified atom stereocenters. The number of carbonyl (C=O) groups excluding carboxylic acids is 1. The van der Waals surface area contributed by atoms with Crippen LogP contribution >= 0.6 is 0 Å². The van der Waals surface area contributed by atoms with Crippen LogP contribution in [0.4, 0.5) is 0 Å². The number of carbonyl (C=O) groups is 1. The molecule has 0 bridgehead atoms. The summed E-state index contributed by atoms with van der Waals surface area (Å²) < 4.78 is 0. The predicted octanol–water partition coefficient (Wildman–Crippen LogP) is 2.41. The predicted molar refractivity (Wildman–Crippen MR) is 62.2 cm³/mol. The summed E-state index contributed by atoms with van der Waals surface area (Å²) in [5.41, 5.74) is 1.13. The van der Waals surface area contributed by atoms with Crippen LogP contribution in [0.5, 0.6) is 0 Å². The second-order valence-electron chi connectivity index (χ2n) is 3.83. The van der Waals surface area contributed by atoms with Gasteiger partial charge < -0.3 is 5.32 Å². The molecule has 0 saturated carbocycles. The molecule has 1 N–H and O–H groups in total. The highest BCUT2D eigenvalue weighted by Crippen LogP contribution is 2.15. The van der Waals surface area contributed by atoms with Crippen molar-refractivity contribution in [3.05, 3.63) is 11.6 Å². The van der Waals surface area contributed by atoms with Gasteiger partial charge in [-0.3, -0.25) is 4.79 Å². The largest absolute Gasteiger partial charge is 0.345 e. The molecule has 15 heavy (non-hydrogen) atoms. The van der Waals surface area contributed by atoms with E-state index in [2.05, 4.69) is 30.2 Å². The molecular formula is C13H19NO. The standard InChI is InChI=1S/C13H19NO/c1-2-3-11-14-13(15)10-9-12-7-5-4-6-8-12/h7H,2-6,8,11H2,1H3,(H,14,15). The van der Waals surface area contributed by atoms with Gasteiger partial charge in [0.2, 0.25) is 0 Å². The fourth-order valence-electron chi connectivity index (χ4n) is 1.51. The minimum atomic E-state index is -0.144. The van der Waals surface area contributed by atoms with Gasteiger partial charge >= 0.3 is 0 Å². The lowest BCUT2D eigenvalue weighted by Crippen LogP contribution is -2.22. The third-order valence-corrected chi connectivity index (χ3v) is 2.44. The molecular weight excluding hydrogens is 186 g/mol. The summed E-state index contributed by atoms with van der Waals surface area (Å²) in [4.78, 5) is 11.2. The first-order valence-corrected chi connectivity index (χ1v) is 5.82. The highest BCUT2D eigenvalue weighted by Gasteiger charge is 2.00. The maximum absolute atomic E-state index is 11.2. The van der Waals surface area contributed by atoms with Gasteiger partial charge in [0.1, 0.15) is 0 Å². The molecule has 0 aliphatic heterocycles. The van der Waals surface area contributed by atoms with Crippen molar-refractivity contribution in [2.24, 2.45) is 0 Å². The van der Waals surface area contributed by atoms with Gasteiger partial charge in [-0.15, -0.1) is 0 Å². The minimum absolute atomic E-state index is 0.144. The topological polar surface area (TPSA) is 29.1 Å². The van der Waals surface area contributed by atoms with Gasteiger partial charge in [-0.2, -0.15) is 0 Å². The van der Waals surface area contributed by atoms with E-state index < -0.39 is 0 Å². The van der Waals surface area contributed by atoms with Crippen LogP contribution in [0.25, 0.3) is 0 Å². The first kappa shape index (κ1) is 11.8. The van der Waals surface area contributed by atoms with Crippen molar-refractivity contribution >= 4 is 5.91 Å². The van der Waals surface area contributed by atoms with Crippen molar-refractivity contribution in [2.75, 3.05) is 6.54 Å². The molecule has 1 rings (SSSR count). The summed E-state index contributed by atoms with van der Waals surface area (Å²) in [7, 11) is 0. The molecule has 0 spiro atoms. The Morgan fingerprint density at radius 2 is 2.40 bits per heavy atom. The molecule has 0 heterocycles. The van der Waals surface area contributed by atoms with Crippen LogP contribution in [0.3, 0.4) is 0 Å². The van der Waals surface area contributed by atoms with Crippen LogP contribution in [0, 0.1) is 11.8 Å². The molecule has 2 heteroatoms. The van der Waals surface area contributed by atoms with E-state index in [1.165, 1.54) is 12.8 Å². The van der Waals surface area contributed by atoms with E-state index in [1.54, 1.807) is 0 Å². The van der Waals surface area contributed by atoms with E-state index in [1.807, 2.05) is 0 Å². The molecule has 0 radical (unpaired) electrons. The smallest absolute Gasteiger partial charge is 0.296 e. The molecule has 0 aromatic carbocycles. The summed E-state index contributed by atoms with van der Waals surface area (Å²) in [5, 5.41) is 2.78. The zero-order valence-corrected chi connectivity index (χ0v) is 9.44. The SMILES string of the molecule is CCCCNC(=O)C#CC1=CCCCC1. The number of rotatable bonds is 3. The number of hydrogen-bond donors (Lipinski definition) is 1. The Morgan fingerprint density at radius 1 is 1.53 bits per heavy atom. The van der Waals surface area contributed by atoms with E-state index in [0.29, 0.717) is 0 Å². The van der Waals surface area contributed by atoms with E-state index in [9.17, 15) is 4.79 Å². The van der Waals surface area contributed by atoms with E-state index in [-0.39, 0.29) is 5.91 Å². The van der Waals surface area contributed by atoms with Gasteiger partial charge in [-0.05, 0) is 43.6 Å². The fourth-order valence-corrected chi connectivity index (χ4v) is 1.51. The van der Waals surface area contributed by atoms with Crippen molar-refractivity contribution in [2.45, 2.75) is 45.4 Å². The van der Waals surface area contributed by atoms with Gasteiger partial charge in [-0.1, -0.05) is 25.3 Å². The first-order valence-electron chi connectivity index (χ1n) is 5.82. The van der Waals surface area contributed by atoms with Crippen molar-refractivity contribution < 1.29 is 4.79 Å². The van der Waals surface area contributed by atoms with E-state index in [4.69, 9.17) is 0 Å². The Bertz CT molecular complexity index is 293. The van der Waals surface area contributed by atoms with Gasteiger partial charge in [-0.25, -0.2) is 0 Å². The third-order valence-electron chi connectivity index (χ3n) is 2.44. The number of nitrogens with one attached hydrogen (secondary N) is 1. The number of allylic oxidation sites excluding steroid dienone is 2. The van der Waals surface area contributed by atoms with Gasteiger partial charge in [0.25, 0.3) is 5.91 Å². The summed E-state index contributed by atoms with van der Waals surface area (Å²) in [5.74, 6) is 5.45. The average molecular weight is 205 g/mol. The maximum Gasteiger partial charge on any atom is 0.296 e. The number of unbranched alkanes of at least 4 members (excludes halogenated alkanes) is 1. The molecule has 1 aliphatic rings. The zero-order chi connectivity index (χ0) is 10.9. The quantitative estimate of drug-likeness (QED) is 0.556. The Balaban J connectivity index is 2.29. The van der Waals surface area contributed by atoms with Crippen LogP contribution in [-0.4, -0.2) is 12.5 Å². The van der Waals surface area contributed by atoms with Gasteiger partial charge in [0.05, 0.1) is 0 Å². The van der Waals surface area contributed by atoms with Gasteiger partial charge in [0.15, 0.2) is 0 Å². The van der Waals surface area contributed by atoms with Crippen LogP contribution < -0.4 is 5.32 Å². The average Bonchev–Trinajstić information content (AvgIpc) is 2.28. The highest BCUT2D eigenvalue weighted by molar-refractivity contribution is 5.93. The van der Waals surface area contributed by atoms with Crippen LogP contribution in [0.2, 0.25) is 0 Å². The lowest BCUT2D eigenvalue weighted by molar-refractivity contribution is -0.115. The molecule has 2 nitrogen and oxygen atoms in total. The molecule has 0 atom stereocenters. The fraction of sp³-hybridized carbons (Fsp3) is 0.615. The van der Waals surface area contributed by atoms with Crippen LogP contribution in [0.1, 0.15) is 45.4 Å². The second-order valence-corrected chi connectivity index (χ2v) is 3.83. The van der Waals surface area contributed by atoms with Crippen LogP contribution in [0.15, 0.2) is 11.6 Å². The Labute approximate surface area is 92.1 Å². The summed E-state index contributed by atoms with van der Waals surface area (Å²) in [6.07, 6.45) is 8.88. The molecule has 0 aromatic heterocycles. The zero-order valence-electron chi connectivity index (χ0n) is 9.44. The highest BCUT2D eigenvalue weighted by atomic mass is 16.1. The monoisotopic (exact) mass is 205 g/mol. The molecule has 1 aliphatic carbocycles. The van der Waals surface area contributed by atoms with Crippen LogP contribution in [-0.2, 0) is 4.79 Å². The summed E-state index contributed by atoms with van der Waals surface area (Å²) in [6, 6.07) is 0. The Hall–Kier alpha value is -1.23. The Morgan fingerprint density at radius 3 is 3.07 bits per heavy atom. The van der Waals surface area contributed by atoms with Crippen molar-refractivity contribution in [3.63, 3.8) is 0 Å². The lowest BCUT2D eigenvalue weighted by Gasteiger charge is -2.05. The van der Waals surface area contributed by atoms with Crippen molar-refractivity contribution in [3.8, 4) is 11.8 Å². The first-order chi connectivity index (χ1) is 7.33. The lowest BCUT2D eigenvalue weighted by atomic mass is 10.0. The van der Waals surface area contributed by atoms with Gasteiger partial charge in [0, 0.05) is 6.54 Å². The number of hydrogen-bond acceptors (Lipinski definition) is 1. The molecule has 0 saturated heterocycles. The van der Waals surface area contributed by atoms with E-state index >= 15 is 0 Å². The molecule has 82 valence electrons. The second kappa shape index (κ2) is 7.11. The third kappa shape index (κ3) is 5.27. The molecule has 0 aromatic rings. The van der Waals surface area contributed by atoms with E-state index in [0.717, 1.165) is 37.8 Å². The normalized spacial score (nSPS) is 14.9.